The maximum atomic E-state index is 11.6. The number of amides is 4. The van der Waals surface area contributed by atoms with E-state index >= 15 is 0 Å². The van der Waals surface area contributed by atoms with E-state index in [4.69, 9.17) is 12.6 Å². The average molecular weight is 486 g/mol. The summed E-state index contributed by atoms with van der Waals surface area (Å²) in [7, 11) is 7.18. The third-order valence-corrected chi connectivity index (χ3v) is 5.09. The van der Waals surface area contributed by atoms with Crippen LogP contribution < -0.4 is 16.0 Å². The number of likely N-dealkylation sites (N-methyl/N-ethyl adjacent to an activating group) is 1. The van der Waals surface area contributed by atoms with E-state index in [0.717, 1.165) is 11.3 Å². The third kappa shape index (κ3) is 11.8. The van der Waals surface area contributed by atoms with Crippen LogP contribution in [0.15, 0.2) is 24.3 Å². The summed E-state index contributed by atoms with van der Waals surface area (Å²) < 4.78 is 5.24. The molecular weight excluding hydrogens is 451 g/mol. The maximum Gasteiger partial charge on any atom is 0.238 e. The molecule has 0 spiro atoms. The molecule has 1 fully saturated rings. The van der Waals surface area contributed by atoms with Gasteiger partial charge in [-0.15, -0.1) is 0 Å². The van der Waals surface area contributed by atoms with Gasteiger partial charge in [0.25, 0.3) is 0 Å². The molecule has 1 heterocycles. The van der Waals surface area contributed by atoms with Crippen molar-refractivity contribution in [2.24, 2.45) is 5.92 Å². The Bertz CT molecular complexity index is 831. The van der Waals surface area contributed by atoms with E-state index in [-0.39, 0.29) is 68.6 Å². The molecule has 1 aliphatic rings. The molecule has 1 saturated heterocycles. The maximum absolute atomic E-state index is 11.6. The van der Waals surface area contributed by atoms with Crippen LogP contribution in [-0.2, 0) is 35.0 Å². The Hall–Kier alpha value is -3.05. The second kappa shape index (κ2) is 16.6. The van der Waals surface area contributed by atoms with Gasteiger partial charge < -0.3 is 25.5 Å². The van der Waals surface area contributed by atoms with Crippen LogP contribution >= 0.6 is 0 Å². The fraction of sp³-hybridized carbons (Fsp3) is 0.542. The zero-order valence-electron chi connectivity index (χ0n) is 20.7. The van der Waals surface area contributed by atoms with Crippen LogP contribution in [0.25, 0.3) is 0 Å². The number of aldehydes is 1. The third-order valence-electron chi connectivity index (χ3n) is 5.09. The summed E-state index contributed by atoms with van der Waals surface area (Å²) in [5.74, 6) is -0.610. The number of imide groups is 1. The Morgan fingerprint density at radius 3 is 2.23 bits per heavy atom. The van der Waals surface area contributed by atoms with E-state index in [9.17, 15) is 24.0 Å². The summed E-state index contributed by atoms with van der Waals surface area (Å²) >= 11 is 0. The largest absolute Gasteiger partial charge is 0.379 e. The van der Waals surface area contributed by atoms with Crippen molar-refractivity contribution in [3.8, 4) is 0 Å². The van der Waals surface area contributed by atoms with Gasteiger partial charge in [0.1, 0.15) is 6.29 Å². The van der Waals surface area contributed by atoms with E-state index in [1.54, 1.807) is 7.05 Å². The standard InChI is InChI=1S/C14H22N2O5.C10H13BN2O/c1-10(2)11(9-17)15-12(18)5-7-21-8-6-16-13(19)3-4-14(16)20;1-12-7-10(14)13-9-4-2-8(6-11)3-5-9/h9-11H,3-8H2,1-2H3,(H,15,18);2-5,12H,6-7H2,1H3,(H,13,14). The van der Waals surface area contributed by atoms with Gasteiger partial charge in [-0.1, -0.05) is 37.9 Å². The molecule has 1 aliphatic heterocycles. The van der Waals surface area contributed by atoms with Crippen LogP contribution in [0.4, 0.5) is 5.69 Å². The van der Waals surface area contributed by atoms with Crippen molar-refractivity contribution in [2.45, 2.75) is 45.5 Å². The summed E-state index contributed by atoms with van der Waals surface area (Å²) in [6.07, 6.45) is 1.91. The fourth-order valence-corrected chi connectivity index (χ4v) is 3.00. The van der Waals surface area contributed by atoms with Gasteiger partial charge in [0.15, 0.2) is 0 Å². The van der Waals surface area contributed by atoms with E-state index in [1.165, 1.54) is 4.90 Å². The smallest absolute Gasteiger partial charge is 0.238 e. The minimum absolute atomic E-state index is 0.0413. The van der Waals surface area contributed by atoms with Gasteiger partial charge in [0.05, 0.1) is 40.2 Å². The molecule has 11 heteroatoms. The van der Waals surface area contributed by atoms with Crippen LogP contribution in [0, 0.1) is 5.92 Å². The molecule has 1 aromatic rings. The number of ether oxygens (including phenoxy) is 1. The number of carbonyl (C=O) groups excluding carboxylic acids is 5. The highest BCUT2D eigenvalue weighted by molar-refractivity contribution is 6.08. The van der Waals surface area contributed by atoms with Gasteiger partial charge in [-0.05, 0) is 25.1 Å². The molecule has 2 radical (unpaired) electrons. The fourth-order valence-electron chi connectivity index (χ4n) is 3.00. The highest BCUT2D eigenvalue weighted by Gasteiger charge is 2.28. The first-order valence-electron chi connectivity index (χ1n) is 11.6. The molecule has 0 saturated carbocycles. The van der Waals surface area contributed by atoms with Gasteiger partial charge in [-0.25, -0.2) is 0 Å². The molecule has 10 nitrogen and oxygen atoms in total. The first-order chi connectivity index (χ1) is 16.7. The number of rotatable bonds is 13. The lowest BCUT2D eigenvalue weighted by Gasteiger charge is -2.16. The highest BCUT2D eigenvalue weighted by atomic mass is 16.5. The predicted molar refractivity (Wildman–Crippen MR) is 133 cm³/mol. The molecule has 2 rings (SSSR count). The number of carbonyl (C=O) groups is 5. The minimum Gasteiger partial charge on any atom is -0.379 e. The first-order valence-corrected chi connectivity index (χ1v) is 11.6. The summed E-state index contributed by atoms with van der Waals surface area (Å²) in [5, 5.41) is 8.14. The van der Waals surface area contributed by atoms with Crippen LogP contribution in [0.1, 0.15) is 38.7 Å². The van der Waals surface area contributed by atoms with Gasteiger partial charge in [-0.3, -0.25) is 24.1 Å². The van der Waals surface area contributed by atoms with Crippen LogP contribution in [0.5, 0.6) is 0 Å². The lowest BCUT2D eigenvalue weighted by molar-refractivity contribution is -0.139. The molecule has 190 valence electrons. The molecule has 4 amide bonds. The molecule has 0 bridgehead atoms. The van der Waals surface area contributed by atoms with Crippen LogP contribution in [-0.4, -0.2) is 82.1 Å². The molecule has 3 N–H and O–H groups in total. The van der Waals surface area contributed by atoms with E-state index in [1.807, 2.05) is 38.1 Å². The van der Waals surface area contributed by atoms with Crippen molar-refractivity contribution in [3.05, 3.63) is 29.8 Å². The molecule has 1 atom stereocenters. The van der Waals surface area contributed by atoms with E-state index in [0.29, 0.717) is 19.2 Å². The van der Waals surface area contributed by atoms with Crippen molar-refractivity contribution in [2.75, 3.05) is 38.7 Å². The second-order valence-corrected chi connectivity index (χ2v) is 8.25. The number of likely N-dealkylation sites (tertiary alicyclic amines) is 1. The van der Waals surface area contributed by atoms with Crippen LogP contribution in [0.2, 0.25) is 0 Å². The Kier molecular flexibility index (Phi) is 14.2. The molecule has 0 aliphatic carbocycles. The lowest BCUT2D eigenvalue weighted by Crippen LogP contribution is -2.40. The molecular formula is C24H35BN4O6. The van der Waals surface area contributed by atoms with Crippen molar-refractivity contribution < 1.29 is 28.7 Å². The SMILES string of the molecule is CC(C)C(C=O)NC(=O)CCOCCN1C(=O)CCC1=O.[B]Cc1ccc(NC(=O)CNC)cc1. The summed E-state index contributed by atoms with van der Waals surface area (Å²) in [6, 6.07) is 6.99. The quantitative estimate of drug-likeness (QED) is 0.159. The zero-order valence-corrected chi connectivity index (χ0v) is 20.7. The van der Waals surface area contributed by atoms with E-state index in [2.05, 4.69) is 16.0 Å². The number of benzene rings is 1. The van der Waals surface area contributed by atoms with Crippen molar-refractivity contribution in [3.63, 3.8) is 0 Å². The normalized spacial score (nSPS) is 13.8. The first kappa shape index (κ1) is 30.0. The van der Waals surface area contributed by atoms with Gasteiger partial charge in [0.2, 0.25) is 23.6 Å². The summed E-state index contributed by atoms with van der Waals surface area (Å²) in [6.45, 7) is 4.64. The van der Waals surface area contributed by atoms with Crippen molar-refractivity contribution >= 4 is 43.4 Å². The Labute approximate surface area is 207 Å². The molecule has 1 unspecified atom stereocenters. The second-order valence-electron chi connectivity index (χ2n) is 8.25. The van der Waals surface area contributed by atoms with E-state index < -0.39 is 6.04 Å². The summed E-state index contributed by atoms with van der Waals surface area (Å²) in [5.41, 5.74) is 1.85. The number of nitrogens with one attached hydrogen (secondary N) is 3. The summed E-state index contributed by atoms with van der Waals surface area (Å²) in [4.78, 5) is 57.3. The average Bonchev–Trinajstić information content (AvgIpc) is 3.15. The predicted octanol–water partition coefficient (Wildman–Crippen LogP) is 0.395. The zero-order chi connectivity index (χ0) is 26.2. The number of nitrogens with zero attached hydrogens (tertiary/aromatic N) is 1. The number of hydrogen-bond donors (Lipinski definition) is 3. The van der Waals surface area contributed by atoms with Gasteiger partial charge in [-0.2, -0.15) is 0 Å². The lowest BCUT2D eigenvalue weighted by atomic mass is 9.97. The highest BCUT2D eigenvalue weighted by Crippen LogP contribution is 2.11. The number of anilines is 1. The van der Waals surface area contributed by atoms with Crippen molar-refractivity contribution in [1.29, 1.82) is 0 Å². The Balaban J connectivity index is 0.000000379. The molecule has 1 aromatic carbocycles. The minimum atomic E-state index is -0.489. The number of hydrogen-bond acceptors (Lipinski definition) is 7. The van der Waals surface area contributed by atoms with Crippen LogP contribution in [0.3, 0.4) is 0 Å². The Morgan fingerprint density at radius 2 is 1.71 bits per heavy atom. The molecule has 35 heavy (non-hydrogen) atoms. The molecule has 0 aromatic heterocycles. The monoisotopic (exact) mass is 486 g/mol. The van der Waals surface area contributed by atoms with Crippen molar-refractivity contribution in [1.82, 2.24) is 15.5 Å². The topological polar surface area (TPSA) is 134 Å². The van der Waals surface area contributed by atoms with Gasteiger partial charge in [0, 0.05) is 24.9 Å². The van der Waals surface area contributed by atoms with Gasteiger partial charge >= 0.3 is 0 Å². The Morgan fingerprint density at radius 1 is 1.09 bits per heavy atom.